The molecule has 0 aliphatic carbocycles. The molecule has 5 nitrogen and oxygen atoms in total. The minimum absolute atomic E-state index is 0.800. The van der Waals surface area contributed by atoms with Crippen molar-refractivity contribution in [3.63, 3.8) is 0 Å². The maximum Gasteiger partial charge on any atom is 0.165 e. The average molecular weight is 649 g/mol. The van der Waals surface area contributed by atoms with Crippen LogP contribution in [0.4, 0.5) is 0 Å². The Morgan fingerprint density at radius 2 is 1.10 bits per heavy atom. The number of para-hydroxylation sites is 4. The van der Waals surface area contributed by atoms with E-state index in [4.69, 9.17) is 14.4 Å². The average Bonchev–Trinajstić information content (AvgIpc) is 3.81. The number of aromatic nitrogens is 4. The summed E-state index contributed by atoms with van der Waals surface area (Å²) >= 11 is 0. The highest BCUT2D eigenvalue weighted by molar-refractivity contribution is 6.37. The highest BCUT2D eigenvalue weighted by atomic mass is 16.3. The summed E-state index contributed by atoms with van der Waals surface area (Å²) in [7, 11) is 0. The Hall–Kier alpha value is -6.98. The molecule has 5 heterocycles. The Balaban J connectivity index is 1.24. The molecule has 0 saturated heterocycles. The van der Waals surface area contributed by atoms with Gasteiger partial charge in [0, 0.05) is 48.7 Å². The second kappa shape index (κ2) is 8.97. The van der Waals surface area contributed by atoms with Crippen LogP contribution in [-0.4, -0.2) is 18.9 Å². The monoisotopic (exact) mass is 648 g/mol. The molecule has 51 heavy (non-hydrogen) atoms. The van der Waals surface area contributed by atoms with Crippen molar-refractivity contribution in [1.29, 1.82) is 0 Å². The summed E-state index contributed by atoms with van der Waals surface area (Å²) in [6.45, 7) is 0. The zero-order valence-corrected chi connectivity index (χ0v) is 27.1. The van der Waals surface area contributed by atoms with Gasteiger partial charge in [0.1, 0.15) is 16.9 Å². The minimum atomic E-state index is 0.800. The van der Waals surface area contributed by atoms with E-state index in [0.29, 0.717) is 0 Å². The molecule has 0 atom stereocenters. The summed E-state index contributed by atoms with van der Waals surface area (Å²) in [6.07, 6.45) is 0. The van der Waals surface area contributed by atoms with Crippen LogP contribution in [-0.2, 0) is 0 Å². The SMILES string of the molecule is c1ccc2nc(-n3c4ccc5cccc6c5c4c4c5c(ccc7c8ccccc8n6c75)ccc43)c(-c3ccc4c(c3)oc3ccccc34)nc2c1. The molecule has 13 aromatic rings. The van der Waals surface area contributed by atoms with Crippen molar-refractivity contribution in [2.75, 3.05) is 0 Å². The van der Waals surface area contributed by atoms with E-state index in [0.717, 1.165) is 61.1 Å². The van der Waals surface area contributed by atoms with Gasteiger partial charge in [0.05, 0.1) is 38.6 Å². The van der Waals surface area contributed by atoms with Gasteiger partial charge in [-0.25, -0.2) is 9.97 Å². The third-order valence-electron chi connectivity index (χ3n) is 11.2. The second-order valence-electron chi connectivity index (χ2n) is 13.7. The Morgan fingerprint density at radius 1 is 0.431 bits per heavy atom. The predicted molar refractivity (Wildman–Crippen MR) is 210 cm³/mol. The summed E-state index contributed by atoms with van der Waals surface area (Å²) in [5, 5.41) is 12.2. The Bertz CT molecular complexity index is 3600. The predicted octanol–water partition coefficient (Wildman–Crippen LogP) is 12.0. The Labute approximate surface area is 288 Å². The molecule has 0 bridgehead atoms. The lowest BCUT2D eigenvalue weighted by Crippen LogP contribution is -2.04. The number of fused-ring (bicyclic) bond motifs is 8. The smallest absolute Gasteiger partial charge is 0.165 e. The van der Waals surface area contributed by atoms with Crippen molar-refractivity contribution in [2.24, 2.45) is 0 Å². The van der Waals surface area contributed by atoms with Gasteiger partial charge in [-0.1, -0.05) is 91.0 Å². The van der Waals surface area contributed by atoms with Gasteiger partial charge >= 0.3 is 0 Å². The molecule has 0 spiro atoms. The molecule has 0 unspecified atom stereocenters. The summed E-state index contributed by atoms with van der Waals surface area (Å²) < 4.78 is 11.2. The van der Waals surface area contributed by atoms with E-state index in [9.17, 15) is 0 Å². The fraction of sp³-hybridized carbons (Fsp3) is 0. The van der Waals surface area contributed by atoms with E-state index in [1.54, 1.807) is 0 Å². The second-order valence-corrected chi connectivity index (χ2v) is 13.7. The molecule has 0 radical (unpaired) electrons. The zero-order valence-electron chi connectivity index (χ0n) is 27.1. The van der Waals surface area contributed by atoms with Gasteiger partial charge in [-0.15, -0.1) is 0 Å². The first-order valence-corrected chi connectivity index (χ1v) is 17.3. The van der Waals surface area contributed by atoms with Gasteiger partial charge in [-0.2, -0.15) is 0 Å². The third kappa shape index (κ3) is 3.13. The zero-order chi connectivity index (χ0) is 32.9. The fourth-order valence-corrected chi connectivity index (χ4v) is 9.09. The Kier molecular flexibility index (Phi) is 4.57. The van der Waals surface area contributed by atoms with E-state index in [1.165, 1.54) is 59.6 Å². The fourth-order valence-electron chi connectivity index (χ4n) is 9.09. The quantitative estimate of drug-likeness (QED) is 0.187. The van der Waals surface area contributed by atoms with Crippen molar-refractivity contribution in [3.05, 3.63) is 146 Å². The van der Waals surface area contributed by atoms with Gasteiger partial charge < -0.3 is 8.82 Å². The summed E-state index contributed by atoms with van der Waals surface area (Å²) in [5.41, 5.74) is 11.1. The standard InChI is InChI=1S/C46H24N4O/c1-5-13-34-28(9-1)31-21-16-26-19-23-37-43-41(26)45(31)49(34)35-14-7-8-25-18-22-36(42(43)40(25)35)50(37)46-44(47-32-11-3-4-12-33(32)48-46)27-17-20-30-29-10-2-6-15-38(29)51-39(30)24-27/h1-24H. The van der Waals surface area contributed by atoms with Crippen LogP contribution in [0.5, 0.6) is 0 Å². The summed E-state index contributed by atoms with van der Waals surface area (Å²) in [4.78, 5) is 10.8. The number of rotatable bonds is 2. The first-order chi connectivity index (χ1) is 25.3. The molecule has 234 valence electrons. The van der Waals surface area contributed by atoms with Gasteiger partial charge in [0.15, 0.2) is 5.82 Å². The molecule has 0 aliphatic rings. The molecule has 0 aliphatic heterocycles. The topological polar surface area (TPSA) is 48.3 Å². The van der Waals surface area contributed by atoms with Crippen LogP contribution in [0.1, 0.15) is 0 Å². The molecule has 5 heteroatoms. The molecule has 13 rings (SSSR count). The van der Waals surface area contributed by atoms with Crippen molar-refractivity contribution in [1.82, 2.24) is 18.9 Å². The van der Waals surface area contributed by atoms with Crippen molar-refractivity contribution >= 4 is 104 Å². The molecule has 0 saturated carbocycles. The molecule has 8 aromatic carbocycles. The summed E-state index contributed by atoms with van der Waals surface area (Å²) in [6, 6.07) is 52.0. The lowest BCUT2D eigenvalue weighted by atomic mass is 9.98. The normalized spacial score (nSPS) is 12.7. The lowest BCUT2D eigenvalue weighted by Gasteiger charge is -2.14. The lowest BCUT2D eigenvalue weighted by molar-refractivity contribution is 0.669. The van der Waals surface area contributed by atoms with Crippen molar-refractivity contribution in [3.8, 4) is 17.1 Å². The van der Waals surface area contributed by atoms with E-state index >= 15 is 0 Å². The third-order valence-corrected chi connectivity index (χ3v) is 11.2. The van der Waals surface area contributed by atoms with Crippen LogP contribution in [0, 0.1) is 0 Å². The van der Waals surface area contributed by atoms with E-state index in [2.05, 4.69) is 124 Å². The Morgan fingerprint density at radius 3 is 1.98 bits per heavy atom. The molecular weight excluding hydrogens is 625 g/mol. The van der Waals surface area contributed by atoms with Gasteiger partial charge in [0.2, 0.25) is 0 Å². The number of hydrogen-bond donors (Lipinski definition) is 0. The van der Waals surface area contributed by atoms with Crippen molar-refractivity contribution < 1.29 is 4.42 Å². The number of benzene rings is 8. The minimum Gasteiger partial charge on any atom is -0.456 e. The maximum absolute atomic E-state index is 6.38. The van der Waals surface area contributed by atoms with Crippen LogP contribution in [0.3, 0.4) is 0 Å². The first kappa shape index (κ1) is 26.0. The number of hydrogen-bond acceptors (Lipinski definition) is 3. The van der Waals surface area contributed by atoms with Crippen LogP contribution in [0.2, 0.25) is 0 Å². The van der Waals surface area contributed by atoms with Gasteiger partial charge in [-0.3, -0.25) is 4.57 Å². The van der Waals surface area contributed by atoms with Gasteiger partial charge in [0.25, 0.3) is 0 Å². The van der Waals surface area contributed by atoms with Crippen LogP contribution >= 0.6 is 0 Å². The highest BCUT2D eigenvalue weighted by Gasteiger charge is 2.26. The van der Waals surface area contributed by atoms with Crippen molar-refractivity contribution in [2.45, 2.75) is 0 Å². The van der Waals surface area contributed by atoms with E-state index in [1.807, 2.05) is 30.3 Å². The van der Waals surface area contributed by atoms with Crippen LogP contribution < -0.4 is 0 Å². The van der Waals surface area contributed by atoms with E-state index in [-0.39, 0.29) is 0 Å². The number of nitrogens with zero attached hydrogens (tertiary/aromatic N) is 4. The molecule has 5 aromatic heterocycles. The number of furan rings is 1. The van der Waals surface area contributed by atoms with E-state index < -0.39 is 0 Å². The highest BCUT2D eigenvalue weighted by Crippen LogP contribution is 2.48. The molecule has 0 fully saturated rings. The largest absolute Gasteiger partial charge is 0.456 e. The molecular formula is C46H24N4O. The molecule has 0 N–H and O–H groups in total. The first-order valence-electron chi connectivity index (χ1n) is 17.3. The molecule has 0 amide bonds. The van der Waals surface area contributed by atoms with Crippen LogP contribution in [0.25, 0.3) is 121 Å². The van der Waals surface area contributed by atoms with Crippen LogP contribution in [0.15, 0.2) is 150 Å². The van der Waals surface area contributed by atoms with Gasteiger partial charge in [-0.05, 0) is 65.4 Å². The maximum atomic E-state index is 6.38. The summed E-state index contributed by atoms with van der Waals surface area (Å²) in [5.74, 6) is 0.800.